The Morgan fingerprint density at radius 2 is 1.90 bits per heavy atom. The Balaban J connectivity index is 1.46. The Labute approximate surface area is 177 Å². The summed E-state index contributed by atoms with van der Waals surface area (Å²) in [7, 11) is 2.17. The number of hydrogen-bond donors (Lipinski definition) is 0. The molecule has 1 fully saturated rings. The normalized spacial score (nSPS) is 22.3. The van der Waals surface area contributed by atoms with Crippen LogP contribution in [0.4, 0.5) is 0 Å². The summed E-state index contributed by atoms with van der Waals surface area (Å²) in [6.45, 7) is 4.20. The second-order valence-electron chi connectivity index (χ2n) is 8.36. The molecular weight excluding hydrogens is 372 g/mol. The monoisotopic (exact) mass is 398 g/mol. The minimum absolute atomic E-state index is 0.0164. The van der Waals surface area contributed by atoms with Gasteiger partial charge in [0.2, 0.25) is 0 Å². The largest absolute Gasteiger partial charge is 0.306 e. The van der Waals surface area contributed by atoms with Crippen LogP contribution < -0.4 is 0 Å². The van der Waals surface area contributed by atoms with E-state index in [1.54, 1.807) is 11.0 Å². The molecule has 3 aliphatic heterocycles. The first-order valence-electron chi connectivity index (χ1n) is 10.5. The van der Waals surface area contributed by atoms with Gasteiger partial charge in [-0.15, -0.1) is 0 Å². The second kappa shape index (κ2) is 7.58. The summed E-state index contributed by atoms with van der Waals surface area (Å²) in [4.78, 5) is 21.8. The zero-order chi connectivity index (χ0) is 20.7. The number of rotatable bonds is 2. The highest BCUT2D eigenvalue weighted by atomic mass is 16.2. The molecular formula is C25H26N4O. The van der Waals surface area contributed by atoms with Crippen molar-refractivity contribution in [2.45, 2.75) is 19.8 Å². The number of imidazole rings is 1. The van der Waals surface area contributed by atoms with Crippen LogP contribution in [0.25, 0.3) is 11.2 Å². The van der Waals surface area contributed by atoms with E-state index < -0.39 is 0 Å². The average molecular weight is 399 g/mol. The van der Waals surface area contributed by atoms with E-state index in [-0.39, 0.29) is 5.91 Å². The molecule has 0 aliphatic carbocycles. The predicted octanol–water partition coefficient (Wildman–Crippen LogP) is 4.10. The van der Waals surface area contributed by atoms with Gasteiger partial charge >= 0.3 is 0 Å². The summed E-state index contributed by atoms with van der Waals surface area (Å²) in [6, 6.07) is 4.01. The number of pyridine rings is 1. The van der Waals surface area contributed by atoms with Gasteiger partial charge in [-0.1, -0.05) is 18.2 Å². The molecule has 5 heterocycles. The lowest BCUT2D eigenvalue weighted by Crippen LogP contribution is -2.32. The fourth-order valence-electron chi connectivity index (χ4n) is 4.41. The smallest absolute Gasteiger partial charge is 0.255 e. The summed E-state index contributed by atoms with van der Waals surface area (Å²) >= 11 is 0. The zero-order valence-electron chi connectivity index (χ0n) is 17.5. The highest BCUT2D eigenvalue weighted by molar-refractivity contribution is 5.99. The van der Waals surface area contributed by atoms with Crippen molar-refractivity contribution in [3.8, 4) is 0 Å². The summed E-state index contributed by atoms with van der Waals surface area (Å²) in [5, 5.41) is 0. The molecule has 0 aromatic carbocycles. The van der Waals surface area contributed by atoms with Gasteiger partial charge in [-0.2, -0.15) is 0 Å². The highest BCUT2D eigenvalue weighted by Gasteiger charge is 2.24. The van der Waals surface area contributed by atoms with Crippen molar-refractivity contribution >= 4 is 17.1 Å². The highest BCUT2D eigenvalue weighted by Crippen LogP contribution is 2.30. The van der Waals surface area contributed by atoms with E-state index in [9.17, 15) is 4.79 Å². The minimum atomic E-state index is -0.0164. The molecule has 5 rings (SSSR count). The van der Waals surface area contributed by atoms with Gasteiger partial charge < -0.3 is 9.30 Å². The summed E-state index contributed by atoms with van der Waals surface area (Å²) in [5.74, 6) is 0.500. The SMILES string of the molecule is Cc1cn2cc(C3=CC(=O)N4C=C(C5CCN(C)CC5)C=C/C4=C\C=C3)ccc2n1. The minimum Gasteiger partial charge on any atom is -0.306 e. The zero-order valence-corrected chi connectivity index (χ0v) is 17.5. The van der Waals surface area contributed by atoms with Crippen molar-refractivity contribution in [2.75, 3.05) is 20.1 Å². The number of carbonyl (C=O) groups excluding carboxylic acids is 1. The quantitative estimate of drug-likeness (QED) is 0.765. The first kappa shape index (κ1) is 18.8. The van der Waals surface area contributed by atoms with E-state index in [0.717, 1.165) is 54.1 Å². The number of hydrogen-bond acceptors (Lipinski definition) is 3. The second-order valence-corrected chi connectivity index (χ2v) is 8.36. The van der Waals surface area contributed by atoms with Crippen molar-refractivity contribution in [3.05, 3.63) is 89.7 Å². The average Bonchev–Trinajstić information content (AvgIpc) is 3.11. The molecule has 3 aliphatic rings. The summed E-state index contributed by atoms with van der Waals surface area (Å²) in [6.07, 6.45) is 20.3. The maximum absolute atomic E-state index is 13.2. The molecule has 0 atom stereocenters. The van der Waals surface area contributed by atoms with Crippen molar-refractivity contribution in [2.24, 2.45) is 5.92 Å². The fourth-order valence-corrected chi connectivity index (χ4v) is 4.41. The molecule has 0 saturated carbocycles. The molecule has 0 N–H and O–H groups in total. The number of aryl methyl sites for hydroxylation is 1. The van der Waals surface area contributed by atoms with Crippen LogP contribution in [0.5, 0.6) is 0 Å². The van der Waals surface area contributed by atoms with Crippen LogP contribution in [0.3, 0.4) is 0 Å². The van der Waals surface area contributed by atoms with E-state index in [1.165, 1.54) is 5.57 Å². The van der Waals surface area contributed by atoms with Crippen LogP contribution >= 0.6 is 0 Å². The van der Waals surface area contributed by atoms with E-state index >= 15 is 0 Å². The lowest BCUT2D eigenvalue weighted by Gasteiger charge is -2.32. The number of aromatic nitrogens is 2. The van der Waals surface area contributed by atoms with Gasteiger partial charge in [0, 0.05) is 30.4 Å². The van der Waals surface area contributed by atoms with Crippen molar-refractivity contribution in [1.82, 2.24) is 19.2 Å². The number of carbonyl (C=O) groups is 1. The fraction of sp³-hybridized carbons (Fsp3) is 0.280. The van der Waals surface area contributed by atoms with Crippen LogP contribution in [0.2, 0.25) is 0 Å². The molecule has 5 nitrogen and oxygen atoms in total. The van der Waals surface area contributed by atoms with E-state index in [4.69, 9.17) is 0 Å². The third-order valence-corrected chi connectivity index (χ3v) is 6.16. The van der Waals surface area contributed by atoms with Crippen molar-refractivity contribution in [3.63, 3.8) is 0 Å². The van der Waals surface area contributed by atoms with Gasteiger partial charge in [0.05, 0.1) is 5.69 Å². The Hall–Kier alpha value is -3.18. The molecule has 1 saturated heterocycles. The molecule has 2 aromatic heterocycles. The van der Waals surface area contributed by atoms with Crippen LogP contribution in [0.15, 0.2) is 78.5 Å². The van der Waals surface area contributed by atoms with Gasteiger partial charge in [-0.3, -0.25) is 9.69 Å². The Morgan fingerprint density at radius 1 is 1.07 bits per heavy atom. The van der Waals surface area contributed by atoms with Crippen LogP contribution in [0, 0.1) is 12.8 Å². The number of likely N-dealkylation sites (tertiary alicyclic amines) is 1. The Bertz CT molecular complexity index is 1150. The lowest BCUT2D eigenvalue weighted by molar-refractivity contribution is -0.122. The molecule has 30 heavy (non-hydrogen) atoms. The van der Waals surface area contributed by atoms with Crippen LogP contribution in [0.1, 0.15) is 24.1 Å². The van der Waals surface area contributed by atoms with Gasteiger partial charge in [-0.05, 0) is 86.8 Å². The summed E-state index contributed by atoms with van der Waals surface area (Å²) < 4.78 is 2.01. The molecule has 0 spiro atoms. The van der Waals surface area contributed by atoms with E-state index in [1.807, 2.05) is 60.3 Å². The number of amides is 1. The van der Waals surface area contributed by atoms with Crippen molar-refractivity contribution < 1.29 is 4.79 Å². The summed E-state index contributed by atoms with van der Waals surface area (Å²) in [5.41, 5.74) is 5.94. The lowest BCUT2D eigenvalue weighted by atomic mass is 9.88. The number of nitrogens with zero attached hydrogens (tertiary/aromatic N) is 4. The molecule has 0 bridgehead atoms. The third kappa shape index (κ3) is 3.57. The first-order valence-corrected chi connectivity index (χ1v) is 10.5. The van der Waals surface area contributed by atoms with E-state index in [0.29, 0.717) is 5.92 Å². The first-order chi connectivity index (χ1) is 14.6. The van der Waals surface area contributed by atoms with E-state index in [2.05, 4.69) is 29.1 Å². The maximum atomic E-state index is 13.2. The van der Waals surface area contributed by atoms with Crippen LogP contribution in [-0.4, -0.2) is 45.2 Å². The van der Waals surface area contributed by atoms with Gasteiger partial charge in [0.1, 0.15) is 5.65 Å². The Kier molecular flexibility index (Phi) is 4.75. The molecule has 0 radical (unpaired) electrons. The number of allylic oxidation sites excluding steroid dienone is 7. The number of fused-ring (bicyclic) bond motifs is 2. The van der Waals surface area contributed by atoms with Gasteiger partial charge in [0.15, 0.2) is 0 Å². The third-order valence-electron chi connectivity index (χ3n) is 6.16. The molecule has 1 amide bonds. The molecule has 152 valence electrons. The molecule has 0 unspecified atom stereocenters. The standard InChI is InChI=1S/C25H26N4O/c1-18-15-28-16-21(7-9-24(28)26-18)20-4-3-5-23-8-6-22(17-29(23)25(30)14-20)19-10-12-27(2)13-11-19/h3-9,14-17,19H,10-13H2,1-2H3/b4-3?,20-14?,23-5+. The van der Waals surface area contributed by atoms with Gasteiger partial charge in [-0.25, -0.2) is 4.98 Å². The molecule has 2 aromatic rings. The van der Waals surface area contributed by atoms with Crippen molar-refractivity contribution in [1.29, 1.82) is 0 Å². The predicted molar refractivity (Wildman–Crippen MR) is 119 cm³/mol. The van der Waals surface area contributed by atoms with Gasteiger partial charge in [0.25, 0.3) is 5.91 Å². The van der Waals surface area contributed by atoms with Crippen LogP contribution in [-0.2, 0) is 4.79 Å². The topological polar surface area (TPSA) is 40.9 Å². The molecule has 5 heteroatoms. The number of piperidine rings is 1. The maximum Gasteiger partial charge on any atom is 0.255 e. The Morgan fingerprint density at radius 3 is 2.73 bits per heavy atom.